The Morgan fingerprint density at radius 1 is 1.27 bits per heavy atom. The molecule has 1 spiro atoms. The van der Waals surface area contributed by atoms with E-state index in [9.17, 15) is 27.2 Å². The van der Waals surface area contributed by atoms with Gasteiger partial charge >= 0.3 is 6.18 Å². The Hall–Kier alpha value is -3.59. The minimum absolute atomic E-state index is 0.00238. The van der Waals surface area contributed by atoms with Crippen molar-refractivity contribution in [2.45, 2.75) is 37.7 Å². The number of aromatic nitrogens is 1. The largest absolute Gasteiger partial charge is 0.419 e. The highest BCUT2D eigenvalue weighted by atomic mass is 32.1. The van der Waals surface area contributed by atoms with Gasteiger partial charge in [-0.2, -0.15) is 18.4 Å². The zero-order valence-corrected chi connectivity index (χ0v) is 17.6. The highest BCUT2D eigenvalue weighted by molar-refractivity contribution is 7.81. The van der Waals surface area contributed by atoms with Gasteiger partial charge in [0.2, 0.25) is 5.91 Å². The first-order chi connectivity index (χ1) is 15.5. The summed E-state index contributed by atoms with van der Waals surface area (Å²) in [5, 5.41) is 8.87. The fraction of sp³-hybridized carbons (Fsp3) is 0.286. The molecule has 1 saturated carbocycles. The molecule has 1 saturated heterocycles. The van der Waals surface area contributed by atoms with E-state index in [4.69, 9.17) is 23.2 Å². The topological polar surface area (TPSA) is 103 Å². The van der Waals surface area contributed by atoms with E-state index in [0.717, 1.165) is 11.1 Å². The Morgan fingerprint density at radius 3 is 2.48 bits per heavy atom. The number of nitrogens with zero attached hydrogens (tertiary/aromatic N) is 4. The smallest absolute Gasteiger partial charge is 0.366 e. The summed E-state index contributed by atoms with van der Waals surface area (Å²) in [6, 6.07) is 6.18. The lowest BCUT2D eigenvalue weighted by molar-refractivity contribution is -0.138. The molecule has 2 fully saturated rings. The van der Waals surface area contributed by atoms with Gasteiger partial charge in [0.25, 0.3) is 5.91 Å². The normalized spacial score (nSPS) is 17.3. The first-order valence-corrected chi connectivity index (χ1v) is 10.1. The Labute approximate surface area is 190 Å². The van der Waals surface area contributed by atoms with Gasteiger partial charge in [0, 0.05) is 11.3 Å². The van der Waals surface area contributed by atoms with E-state index in [2.05, 4.69) is 4.98 Å². The fourth-order valence-corrected chi connectivity index (χ4v) is 4.63. The van der Waals surface area contributed by atoms with E-state index < -0.39 is 41.5 Å². The monoisotopic (exact) mass is 477 g/mol. The number of rotatable bonds is 4. The van der Waals surface area contributed by atoms with Crippen molar-refractivity contribution in [1.29, 1.82) is 5.26 Å². The minimum Gasteiger partial charge on any atom is -0.366 e. The first-order valence-electron chi connectivity index (χ1n) is 9.70. The summed E-state index contributed by atoms with van der Waals surface area (Å²) >= 11 is 5.49. The quantitative estimate of drug-likeness (QED) is 0.533. The van der Waals surface area contributed by atoms with Gasteiger partial charge in [0.05, 0.1) is 17.4 Å². The zero-order valence-electron chi connectivity index (χ0n) is 16.8. The highest BCUT2D eigenvalue weighted by Gasteiger charge is 2.59. The molecule has 33 heavy (non-hydrogen) atoms. The number of benzene rings is 1. The molecule has 1 aromatic carbocycles. The molecular formula is C21H15F4N5O2S. The SMILES string of the molecule is N#Cc1ncc(N2C(=O)C3(CCC3)N(c3ccc(C(N)=O)c(CF)c3)C2=S)cc1C(F)(F)F. The van der Waals surface area contributed by atoms with Crippen LogP contribution < -0.4 is 15.5 Å². The fourth-order valence-electron chi connectivity index (χ4n) is 4.16. The predicted molar refractivity (Wildman–Crippen MR) is 113 cm³/mol. The first kappa shape index (κ1) is 22.6. The highest BCUT2D eigenvalue weighted by Crippen LogP contribution is 2.48. The molecule has 170 valence electrons. The molecule has 0 atom stereocenters. The molecule has 0 unspecified atom stereocenters. The van der Waals surface area contributed by atoms with Crippen LogP contribution in [0.2, 0.25) is 0 Å². The molecule has 1 aliphatic heterocycles. The average Bonchev–Trinajstić information content (AvgIpc) is 2.98. The third kappa shape index (κ3) is 3.39. The van der Waals surface area contributed by atoms with Crippen molar-refractivity contribution in [3.8, 4) is 6.07 Å². The number of hydrogen-bond acceptors (Lipinski definition) is 5. The molecule has 4 rings (SSSR count). The number of anilines is 2. The van der Waals surface area contributed by atoms with Crippen molar-refractivity contribution in [2.75, 3.05) is 9.80 Å². The van der Waals surface area contributed by atoms with Gasteiger partial charge in [0.1, 0.15) is 18.3 Å². The van der Waals surface area contributed by atoms with Gasteiger partial charge in [-0.3, -0.25) is 14.5 Å². The van der Waals surface area contributed by atoms with E-state index in [1.807, 2.05) is 0 Å². The second kappa shape index (κ2) is 7.77. The Bertz CT molecular complexity index is 1240. The van der Waals surface area contributed by atoms with Crippen LogP contribution in [0.15, 0.2) is 30.5 Å². The Balaban J connectivity index is 1.83. The van der Waals surface area contributed by atoms with Gasteiger partial charge in [-0.05, 0) is 61.3 Å². The van der Waals surface area contributed by atoms with Gasteiger partial charge in [0.15, 0.2) is 10.8 Å². The van der Waals surface area contributed by atoms with Crippen LogP contribution in [0.5, 0.6) is 0 Å². The third-order valence-corrected chi connectivity index (χ3v) is 6.26. The number of halogens is 4. The third-order valence-electron chi connectivity index (χ3n) is 5.89. The number of alkyl halides is 4. The van der Waals surface area contributed by atoms with Gasteiger partial charge in [-0.25, -0.2) is 9.37 Å². The van der Waals surface area contributed by atoms with E-state index in [1.165, 1.54) is 29.2 Å². The molecule has 7 nitrogen and oxygen atoms in total. The number of carbonyl (C=O) groups excluding carboxylic acids is 2. The second-order valence-corrected chi connectivity index (χ2v) is 8.05. The molecule has 0 bridgehead atoms. The molecule has 1 aliphatic carbocycles. The Kier molecular flexibility index (Phi) is 5.32. The summed E-state index contributed by atoms with van der Waals surface area (Å²) in [7, 11) is 0. The van der Waals surface area contributed by atoms with Crippen molar-refractivity contribution < 1.29 is 27.2 Å². The molecule has 0 radical (unpaired) electrons. The lowest BCUT2D eigenvalue weighted by atomic mass is 9.75. The lowest BCUT2D eigenvalue weighted by Crippen LogP contribution is -2.55. The van der Waals surface area contributed by atoms with E-state index >= 15 is 0 Å². The van der Waals surface area contributed by atoms with Crippen LogP contribution >= 0.6 is 12.2 Å². The zero-order chi connectivity index (χ0) is 24.1. The summed E-state index contributed by atoms with van der Waals surface area (Å²) in [4.78, 5) is 31.0. The average molecular weight is 477 g/mol. The van der Waals surface area contributed by atoms with Crippen molar-refractivity contribution in [2.24, 2.45) is 5.73 Å². The maximum absolute atomic E-state index is 13.6. The lowest BCUT2D eigenvalue weighted by Gasteiger charge is -2.43. The Morgan fingerprint density at radius 2 is 1.97 bits per heavy atom. The van der Waals surface area contributed by atoms with Crippen molar-refractivity contribution in [3.63, 3.8) is 0 Å². The van der Waals surface area contributed by atoms with Crippen LogP contribution in [0.4, 0.5) is 28.9 Å². The summed E-state index contributed by atoms with van der Waals surface area (Å²) in [5.74, 6) is -1.36. The van der Waals surface area contributed by atoms with Crippen LogP contribution in [-0.2, 0) is 17.6 Å². The standard InChI is InChI=1S/C21H15F4N5O2S/c22-8-11-6-12(2-3-14(11)17(27)31)30-19(33)29(18(32)20(30)4-1-5-20)13-7-15(21(23,24)25)16(9-26)28-10-13/h2-3,6-7,10H,1,4-5,8H2,(H2,27,31). The van der Waals surface area contributed by atoms with Crippen LogP contribution in [0, 0.1) is 11.3 Å². The summed E-state index contributed by atoms with van der Waals surface area (Å²) in [5.41, 5.74) is 2.07. The molecule has 2 N–H and O–H groups in total. The van der Waals surface area contributed by atoms with Crippen LogP contribution in [0.1, 0.15) is 46.4 Å². The minimum atomic E-state index is -4.87. The molecule has 2 aromatic rings. The predicted octanol–water partition coefficient (Wildman–Crippen LogP) is 3.60. The van der Waals surface area contributed by atoms with E-state index in [1.54, 1.807) is 0 Å². The second-order valence-electron chi connectivity index (χ2n) is 7.68. The molecule has 2 aliphatic rings. The number of nitrogens with two attached hydrogens (primary N) is 1. The summed E-state index contributed by atoms with van der Waals surface area (Å²) in [6.45, 7) is -0.994. The van der Waals surface area contributed by atoms with Crippen LogP contribution in [0.25, 0.3) is 0 Å². The number of pyridine rings is 1. The van der Waals surface area contributed by atoms with Gasteiger partial charge < -0.3 is 10.6 Å². The molecule has 2 heterocycles. The maximum atomic E-state index is 13.6. The van der Waals surface area contributed by atoms with Crippen molar-refractivity contribution >= 4 is 40.5 Å². The number of amides is 2. The van der Waals surface area contributed by atoms with Gasteiger partial charge in [-0.15, -0.1) is 0 Å². The summed E-state index contributed by atoms with van der Waals surface area (Å²) < 4.78 is 53.9. The number of carbonyl (C=O) groups is 2. The molecular weight excluding hydrogens is 462 g/mol. The van der Waals surface area contributed by atoms with Crippen LogP contribution in [0.3, 0.4) is 0 Å². The van der Waals surface area contributed by atoms with E-state index in [0.29, 0.717) is 31.0 Å². The molecule has 12 heteroatoms. The molecule has 1 aromatic heterocycles. The van der Waals surface area contributed by atoms with Crippen molar-refractivity contribution in [3.05, 3.63) is 52.8 Å². The van der Waals surface area contributed by atoms with Crippen molar-refractivity contribution in [1.82, 2.24) is 4.98 Å². The number of nitriles is 1. The van der Waals surface area contributed by atoms with Crippen LogP contribution in [-0.4, -0.2) is 27.4 Å². The van der Waals surface area contributed by atoms with E-state index in [-0.39, 0.29) is 21.9 Å². The number of hydrogen-bond donors (Lipinski definition) is 1. The van der Waals surface area contributed by atoms with Gasteiger partial charge in [-0.1, -0.05) is 0 Å². The number of primary amides is 1. The molecule has 2 amide bonds. The maximum Gasteiger partial charge on any atom is 0.419 e. The summed E-state index contributed by atoms with van der Waals surface area (Å²) in [6.07, 6.45) is -2.46. The number of thiocarbonyl (C=S) groups is 1.